The number of ether oxygens (including phenoxy) is 2. The first kappa shape index (κ1) is 12.4. The van der Waals surface area contributed by atoms with Crippen LogP contribution in [0.4, 0.5) is 0 Å². The summed E-state index contributed by atoms with van der Waals surface area (Å²) in [5.41, 5.74) is 3.05. The van der Waals surface area contributed by atoms with Crippen LogP contribution in [0, 0.1) is 0 Å². The van der Waals surface area contributed by atoms with Crippen LogP contribution in [0.15, 0.2) is 29.9 Å². The van der Waals surface area contributed by atoms with E-state index in [4.69, 9.17) is 9.47 Å². The highest BCUT2D eigenvalue weighted by Crippen LogP contribution is 2.34. The fourth-order valence-electron chi connectivity index (χ4n) is 2.18. The molecular formula is C14H16N2O2S. The topological polar surface area (TPSA) is 43.4 Å². The van der Waals surface area contributed by atoms with Gasteiger partial charge in [0.05, 0.1) is 5.51 Å². The van der Waals surface area contributed by atoms with E-state index in [0.29, 0.717) is 6.79 Å². The summed E-state index contributed by atoms with van der Waals surface area (Å²) in [7, 11) is 0. The van der Waals surface area contributed by atoms with Crippen LogP contribution in [0.1, 0.15) is 36.4 Å². The van der Waals surface area contributed by atoms with Crippen LogP contribution < -0.4 is 14.8 Å². The first-order valence-electron chi connectivity index (χ1n) is 6.28. The van der Waals surface area contributed by atoms with E-state index in [0.717, 1.165) is 11.5 Å². The standard InChI is InChI=1S/C14H16N2O2S/c1-9(16-10(2)14-6-15-7-19-14)11-3-4-12-13(5-11)18-8-17-12/h3-7,9-10,16H,8H2,1-2H3. The number of thiazole rings is 1. The molecule has 0 saturated heterocycles. The zero-order chi connectivity index (χ0) is 13.2. The summed E-state index contributed by atoms with van der Waals surface area (Å²) in [4.78, 5) is 5.36. The van der Waals surface area contributed by atoms with Crippen molar-refractivity contribution in [2.24, 2.45) is 0 Å². The van der Waals surface area contributed by atoms with Crippen molar-refractivity contribution < 1.29 is 9.47 Å². The third-order valence-electron chi connectivity index (χ3n) is 3.27. The monoisotopic (exact) mass is 276 g/mol. The molecule has 1 aromatic carbocycles. The van der Waals surface area contributed by atoms with Crippen LogP contribution in [0.3, 0.4) is 0 Å². The largest absolute Gasteiger partial charge is 0.454 e. The van der Waals surface area contributed by atoms with Gasteiger partial charge < -0.3 is 14.8 Å². The predicted molar refractivity (Wildman–Crippen MR) is 74.6 cm³/mol. The zero-order valence-electron chi connectivity index (χ0n) is 10.9. The van der Waals surface area contributed by atoms with E-state index in [9.17, 15) is 0 Å². The van der Waals surface area contributed by atoms with E-state index in [1.165, 1.54) is 10.4 Å². The normalized spacial score (nSPS) is 16.3. The molecule has 3 rings (SSSR count). The van der Waals surface area contributed by atoms with Crippen LogP contribution >= 0.6 is 11.3 Å². The molecular weight excluding hydrogens is 260 g/mol. The first-order valence-corrected chi connectivity index (χ1v) is 7.16. The molecule has 19 heavy (non-hydrogen) atoms. The van der Waals surface area contributed by atoms with Gasteiger partial charge in [0.2, 0.25) is 6.79 Å². The van der Waals surface area contributed by atoms with Crippen molar-refractivity contribution in [3.05, 3.63) is 40.3 Å². The quantitative estimate of drug-likeness (QED) is 0.930. The molecule has 2 atom stereocenters. The molecule has 1 aromatic heterocycles. The summed E-state index contributed by atoms with van der Waals surface area (Å²) >= 11 is 1.67. The zero-order valence-corrected chi connectivity index (χ0v) is 11.7. The van der Waals surface area contributed by atoms with Crippen LogP contribution in [0.25, 0.3) is 0 Å². The Balaban J connectivity index is 1.72. The van der Waals surface area contributed by atoms with Gasteiger partial charge in [-0.1, -0.05) is 6.07 Å². The lowest BCUT2D eigenvalue weighted by atomic mass is 10.1. The molecule has 0 radical (unpaired) electrons. The van der Waals surface area contributed by atoms with Crippen molar-refractivity contribution in [3.63, 3.8) is 0 Å². The van der Waals surface area contributed by atoms with Crippen molar-refractivity contribution in [2.75, 3.05) is 6.79 Å². The number of nitrogens with zero attached hydrogens (tertiary/aromatic N) is 1. The molecule has 4 nitrogen and oxygen atoms in total. The number of aromatic nitrogens is 1. The van der Waals surface area contributed by atoms with Gasteiger partial charge in [0.25, 0.3) is 0 Å². The van der Waals surface area contributed by atoms with Crippen molar-refractivity contribution in [2.45, 2.75) is 25.9 Å². The van der Waals surface area contributed by atoms with Crippen molar-refractivity contribution in [1.82, 2.24) is 10.3 Å². The predicted octanol–water partition coefficient (Wildman–Crippen LogP) is 3.28. The second-order valence-corrected chi connectivity index (χ2v) is 5.54. The fourth-order valence-corrected chi connectivity index (χ4v) is 2.81. The molecule has 5 heteroatoms. The van der Waals surface area contributed by atoms with Gasteiger partial charge in [0.15, 0.2) is 11.5 Å². The summed E-state index contributed by atoms with van der Waals surface area (Å²) in [6.45, 7) is 4.62. The molecule has 0 saturated carbocycles. The molecule has 0 amide bonds. The van der Waals surface area contributed by atoms with Crippen LogP contribution in [-0.4, -0.2) is 11.8 Å². The number of hydrogen-bond acceptors (Lipinski definition) is 5. The maximum Gasteiger partial charge on any atom is 0.231 e. The molecule has 0 aliphatic carbocycles. The molecule has 2 heterocycles. The van der Waals surface area contributed by atoms with Crippen LogP contribution in [0.2, 0.25) is 0 Å². The van der Waals surface area contributed by atoms with E-state index < -0.39 is 0 Å². The lowest BCUT2D eigenvalue weighted by Gasteiger charge is -2.19. The van der Waals surface area contributed by atoms with Crippen LogP contribution in [0.5, 0.6) is 11.5 Å². The Kier molecular flexibility index (Phi) is 3.40. The summed E-state index contributed by atoms with van der Waals surface area (Å²) in [5, 5.41) is 3.56. The number of rotatable bonds is 4. The molecule has 0 fully saturated rings. The number of benzene rings is 1. The highest BCUT2D eigenvalue weighted by Gasteiger charge is 2.17. The second-order valence-electron chi connectivity index (χ2n) is 4.63. The van der Waals surface area contributed by atoms with Gasteiger partial charge in [-0.15, -0.1) is 11.3 Å². The Morgan fingerprint density at radius 2 is 2.05 bits per heavy atom. The minimum absolute atomic E-state index is 0.242. The molecule has 1 aliphatic rings. The lowest BCUT2D eigenvalue weighted by Crippen LogP contribution is -2.21. The number of fused-ring (bicyclic) bond motifs is 1. The van der Waals surface area contributed by atoms with Gasteiger partial charge >= 0.3 is 0 Å². The highest BCUT2D eigenvalue weighted by molar-refractivity contribution is 7.09. The summed E-state index contributed by atoms with van der Waals surface area (Å²) in [5.74, 6) is 1.66. The molecule has 0 bridgehead atoms. The Hall–Kier alpha value is -1.59. The maximum absolute atomic E-state index is 5.41. The minimum atomic E-state index is 0.242. The Morgan fingerprint density at radius 1 is 1.21 bits per heavy atom. The third kappa shape index (κ3) is 2.57. The summed E-state index contributed by atoms with van der Waals surface area (Å²) in [6, 6.07) is 6.61. The summed E-state index contributed by atoms with van der Waals surface area (Å²) < 4.78 is 10.7. The van der Waals surface area contributed by atoms with Gasteiger partial charge in [-0.25, -0.2) is 0 Å². The smallest absolute Gasteiger partial charge is 0.231 e. The molecule has 100 valence electrons. The van der Waals surface area contributed by atoms with E-state index in [1.807, 2.05) is 23.8 Å². The average molecular weight is 276 g/mol. The van der Waals surface area contributed by atoms with Crippen LogP contribution in [-0.2, 0) is 0 Å². The van der Waals surface area contributed by atoms with Crippen molar-refractivity contribution >= 4 is 11.3 Å². The highest BCUT2D eigenvalue weighted by atomic mass is 32.1. The molecule has 2 aromatic rings. The van der Waals surface area contributed by atoms with Crippen molar-refractivity contribution in [1.29, 1.82) is 0 Å². The van der Waals surface area contributed by atoms with Gasteiger partial charge in [-0.2, -0.15) is 0 Å². The summed E-state index contributed by atoms with van der Waals surface area (Å²) in [6.07, 6.45) is 1.91. The van der Waals surface area contributed by atoms with Gasteiger partial charge in [-0.3, -0.25) is 4.98 Å². The molecule has 1 aliphatic heterocycles. The van der Waals surface area contributed by atoms with E-state index in [2.05, 4.69) is 30.2 Å². The molecule has 2 unspecified atom stereocenters. The van der Waals surface area contributed by atoms with Gasteiger partial charge in [0, 0.05) is 23.2 Å². The van der Waals surface area contributed by atoms with E-state index in [1.54, 1.807) is 11.3 Å². The Bertz CT molecular complexity index is 557. The lowest BCUT2D eigenvalue weighted by molar-refractivity contribution is 0.174. The average Bonchev–Trinajstić information content (AvgIpc) is 3.09. The first-order chi connectivity index (χ1) is 9.24. The minimum Gasteiger partial charge on any atom is -0.454 e. The van der Waals surface area contributed by atoms with Gasteiger partial charge in [0.1, 0.15) is 0 Å². The third-order valence-corrected chi connectivity index (χ3v) is 4.23. The van der Waals surface area contributed by atoms with E-state index >= 15 is 0 Å². The Labute approximate surface area is 116 Å². The van der Waals surface area contributed by atoms with Crippen molar-refractivity contribution in [3.8, 4) is 11.5 Å². The molecule has 1 N–H and O–H groups in total. The van der Waals surface area contributed by atoms with E-state index in [-0.39, 0.29) is 12.1 Å². The number of hydrogen-bond donors (Lipinski definition) is 1. The SMILES string of the molecule is CC(NC(C)c1cncs1)c1ccc2c(c1)OCO2. The van der Waals surface area contributed by atoms with Gasteiger partial charge in [-0.05, 0) is 31.5 Å². The molecule has 0 spiro atoms. The second kappa shape index (κ2) is 5.19. The Morgan fingerprint density at radius 3 is 2.84 bits per heavy atom. The maximum atomic E-state index is 5.41. The number of nitrogens with one attached hydrogen (secondary N) is 1. The fraction of sp³-hybridized carbons (Fsp3) is 0.357.